The molecule has 0 spiro atoms. The molecule has 0 radical (unpaired) electrons. The van der Waals surface area contributed by atoms with Crippen molar-refractivity contribution in [1.82, 2.24) is 19.4 Å². The van der Waals surface area contributed by atoms with Gasteiger partial charge in [-0.05, 0) is 74.5 Å². The SMILES string of the molecule is O=C(CN1CCC(C(F)(F)F)CC1)N1CCn2c(nc(-c3ccc(F)cc3)c2Nc2ccc(F)cc2)C1. The summed E-state index contributed by atoms with van der Waals surface area (Å²) in [4.78, 5) is 21.2. The lowest BCUT2D eigenvalue weighted by molar-refractivity contribution is -0.185. The second-order valence-corrected chi connectivity index (χ2v) is 9.42. The number of alkyl halides is 3. The fraction of sp³-hybridized carbons (Fsp3) is 0.385. The van der Waals surface area contributed by atoms with Crippen molar-refractivity contribution in [1.29, 1.82) is 0 Å². The number of halogens is 5. The van der Waals surface area contributed by atoms with Crippen LogP contribution < -0.4 is 5.32 Å². The van der Waals surface area contributed by atoms with Crippen LogP contribution in [0.3, 0.4) is 0 Å². The summed E-state index contributed by atoms with van der Waals surface area (Å²) < 4.78 is 67.8. The van der Waals surface area contributed by atoms with E-state index in [1.165, 1.54) is 24.3 Å². The van der Waals surface area contributed by atoms with Gasteiger partial charge in [0.1, 0.15) is 29.0 Å². The van der Waals surface area contributed by atoms with Gasteiger partial charge in [0.05, 0.1) is 19.0 Å². The van der Waals surface area contributed by atoms with E-state index in [9.17, 15) is 26.7 Å². The molecule has 1 fully saturated rings. The summed E-state index contributed by atoms with van der Waals surface area (Å²) in [5.41, 5.74) is 1.90. The van der Waals surface area contributed by atoms with E-state index in [1.54, 1.807) is 34.1 Å². The highest BCUT2D eigenvalue weighted by molar-refractivity contribution is 5.79. The molecular weight excluding hydrogens is 493 g/mol. The lowest BCUT2D eigenvalue weighted by atomic mass is 9.96. The third-order valence-electron chi connectivity index (χ3n) is 6.96. The molecule has 2 aliphatic rings. The molecule has 0 saturated carbocycles. The number of piperidine rings is 1. The summed E-state index contributed by atoms with van der Waals surface area (Å²) in [6.45, 7) is 1.61. The first-order valence-corrected chi connectivity index (χ1v) is 12.1. The van der Waals surface area contributed by atoms with Crippen LogP contribution in [0.2, 0.25) is 0 Å². The van der Waals surface area contributed by atoms with Crippen LogP contribution in [0.25, 0.3) is 11.3 Å². The fourth-order valence-corrected chi connectivity index (χ4v) is 4.86. The predicted octanol–water partition coefficient (Wildman–Crippen LogP) is 5.19. The number of benzene rings is 2. The Hall–Kier alpha value is -3.47. The third kappa shape index (κ3) is 5.61. The average molecular weight is 520 g/mol. The highest BCUT2D eigenvalue weighted by atomic mass is 19.4. The van der Waals surface area contributed by atoms with E-state index in [2.05, 4.69) is 5.32 Å². The molecule has 0 bridgehead atoms. The maximum atomic E-state index is 13.5. The monoisotopic (exact) mass is 519 g/mol. The minimum absolute atomic E-state index is 0.000626. The Kier molecular flexibility index (Phi) is 6.89. The molecular formula is C26H26F5N5O. The zero-order valence-corrected chi connectivity index (χ0v) is 19.9. The van der Waals surface area contributed by atoms with Crippen molar-refractivity contribution in [3.63, 3.8) is 0 Å². The van der Waals surface area contributed by atoms with Gasteiger partial charge in [0, 0.05) is 24.3 Å². The molecule has 2 aromatic carbocycles. The number of rotatable bonds is 5. The standard InChI is InChI=1S/C26H26F5N5O/c27-19-3-1-17(2-4-19)24-25(32-21-7-5-20(28)6-8-21)36-14-13-35(15-22(36)33-24)23(37)16-34-11-9-18(10-12-34)26(29,30)31/h1-8,18,32H,9-16H2. The number of aromatic nitrogens is 2. The van der Waals surface area contributed by atoms with Crippen molar-refractivity contribution < 1.29 is 26.7 Å². The number of amides is 1. The van der Waals surface area contributed by atoms with Gasteiger partial charge in [-0.25, -0.2) is 13.8 Å². The molecule has 0 atom stereocenters. The molecule has 0 aliphatic carbocycles. The van der Waals surface area contributed by atoms with Crippen molar-refractivity contribution >= 4 is 17.4 Å². The summed E-state index contributed by atoms with van der Waals surface area (Å²) >= 11 is 0. The van der Waals surface area contributed by atoms with Crippen LogP contribution in [0.5, 0.6) is 0 Å². The lowest BCUT2D eigenvalue weighted by Crippen LogP contribution is -2.47. The fourth-order valence-electron chi connectivity index (χ4n) is 4.86. The van der Waals surface area contributed by atoms with Gasteiger partial charge in [-0.15, -0.1) is 0 Å². The molecule has 3 aromatic rings. The van der Waals surface area contributed by atoms with E-state index >= 15 is 0 Å². The van der Waals surface area contributed by atoms with Crippen LogP contribution >= 0.6 is 0 Å². The summed E-state index contributed by atoms with van der Waals surface area (Å²) in [5, 5.41) is 3.28. The number of hydrogen-bond donors (Lipinski definition) is 1. The highest BCUT2D eigenvalue weighted by Gasteiger charge is 2.41. The molecule has 0 unspecified atom stereocenters. The number of fused-ring (bicyclic) bond motifs is 1. The topological polar surface area (TPSA) is 53.4 Å². The molecule has 196 valence electrons. The zero-order valence-electron chi connectivity index (χ0n) is 19.9. The molecule has 11 heteroatoms. The quantitative estimate of drug-likeness (QED) is 0.472. The third-order valence-corrected chi connectivity index (χ3v) is 6.96. The first kappa shape index (κ1) is 25.2. The van der Waals surface area contributed by atoms with Crippen LogP contribution in [0.4, 0.5) is 33.5 Å². The van der Waals surface area contributed by atoms with Crippen LogP contribution in [0.15, 0.2) is 48.5 Å². The van der Waals surface area contributed by atoms with Gasteiger partial charge >= 0.3 is 6.18 Å². The number of likely N-dealkylation sites (tertiary alicyclic amines) is 1. The number of nitrogens with one attached hydrogen (secondary N) is 1. The van der Waals surface area contributed by atoms with Crippen LogP contribution in [-0.2, 0) is 17.9 Å². The van der Waals surface area contributed by atoms with Crippen molar-refractivity contribution in [3.8, 4) is 11.3 Å². The molecule has 1 saturated heterocycles. The Morgan fingerprint density at radius 3 is 2.16 bits per heavy atom. The Morgan fingerprint density at radius 2 is 1.54 bits per heavy atom. The largest absolute Gasteiger partial charge is 0.391 e. The Morgan fingerprint density at radius 1 is 0.919 bits per heavy atom. The molecule has 5 rings (SSSR count). The molecule has 1 aromatic heterocycles. The number of anilines is 2. The van der Waals surface area contributed by atoms with Crippen molar-refractivity contribution in [2.75, 3.05) is 31.5 Å². The van der Waals surface area contributed by atoms with E-state index in [4.69, 9.17) is 4.98 Å². The normalized spacial score (nSPS) is 17.1. The number of carbonyl (C=O) groups excluding carboxylic acids is 1. The van der Waals surface area contributed by atoms with E-state index < -0.39 is 12.1 Å². The minimum Gasteiger partial charge on any atom is -0.340 e. The first-order chi connectivity index (χ1) is 17.7. The number of hydrogen-bond acceptors (Lipinski definition) is 4. The molecule has 3 heterocycles. The van der Waals surface area contributed by atoms with Gasteiger partial charge in [0.2, 0.25) is 5.91 Å². The van der Waals surface area contributed by atoms with Gasteiger partial charge in [0.25, 0.3) is 0 Å². The highest BCUT2D eigenvalue weighted by Crippen LogP contribution is 2.35. The van der Waals surface area contributed by atoms with E-state index in [0.717, 1.165) is 0 Å². The zero-order chi connectivity index (χ0) is 26.2. The van der Waals surface area contributed by atoms with Gasteiger partial charge in [0.15, 0.2) is 0 Å². The summed E-state index contributed by atoms with van der Waals surface area (Å²) in [7, 11) is 0. The van der Waals surface area contributed by atoms with Crippen molar-refractivity contribution in [3.05, 3.63) is 66.0 Å². The summed E-state index contributed by atoms with van der Waals surface area (Å²) in [6, 6.07) is 11.8. The summed E-state index contributed by atoms with van der Waals surface area (Å²) in [5.74, 6) is -0.934. The Bertz CT molecular complexity index is 1250. The van der Waals surface area contributed by atoms with Gasteiger partial charge in [-0.1, -0.05) is 0 Å². The summed E-state index contributed by atoms with van der Waals surface area (Å²) in [6.07, 6.45) is -4.19. The first-order valence-electron chi connectivity index (χ1n) is 12.1. The smallest absolute Gasteiger partial charge is 0.340 e. The number of nitrogens with zero attached hydrogens (tertiary/aromatic N) is 4. The van der Waals surface area contributed by atoms with E-state index in [0.29, 0.717) is 41.7 Å². The van der Waals surface area contributed by atoms with E-state index in [-0.39, 0.29) is 56.6 Å². The predicted molar refractivity (Wildman–Crippen MR) is 128 cm³/mol. The maximum absolute atomic E-state index is 13.5. The van der Waals surface area contributed by atoms with Gasteiger partial charge < -0.3 is 14.8 Å². The lowest BCUT2D eigenvalue weighted by Gasteiger charge is -2.35. The molecule has 1 N–H and O–H groups in total. The van der Waals surface area contributed by atoms with Gasteiger partial charge in [-0.2, -0.15) is 13.2 Å². The molecule has 6 nitrogen and oxygen atoms in total. The van der Waals surface area contributed by atoms with Crippen LogP contribution in [0.1, 0.15) is 18.7 Å². The molecule has 37 heavy (non-hydrogen) atoms. The number of imidazole rings is 1. The molecule has 2 aliphatic heterocycles. The average Bonchev–Trinajstić information content (AvgIpc) is 3.23. The van der Waals surface area contributed by atoms with Crippen LogP contribution in [-0.4, -0.2) is 57.6 Å². The Balaban J connectivity index is 1.33. The second kappa shape index (κ2) is 10.1. The minimum atomic E-state index is -4.19. The Labute approximate surface area is 210 Å². The van der Waals surface area contributed by atoms with Crippen molar-refractivity contribution in [2.24, 2.45) is 5.92 Å². The van der Waals surface area contributed by atoms with Gasteiger partial charge in [-0.3, -0.25) is 9.69 Å². The van der Waals surface area contributed by atoms with Crippen molar-refractivity contribution in [2.45, 2.75) is 32.1 Å². The maximum Gasteiger partial charge on any atom is 0.391 e. The second-order valence-electron chi connectivity index (χ2n) is 9.42. The number of carbonyl (C=O) groups is 1. The molecule has 1 amide bonds. The van der Waals surface area contributed by atoms with E-state index in [1.807, 2.05) is 4.57 Å². The van der Waals surface area contributed by atoms with Crippen LogP contribution in [0, 0.1) is 17.6 Å².